The third-order valence-corrected chi connectivity index (χ3v) is 2.69. The predicted molar refractivity (Wildman–Crippen MR) is 70.9 cm³/mol. The third kappa shape index (κ3) is 5.26. The van der Waals surface area contributed by atoms with Crippen molar-refractivity contribution in [3.05, 3.63) is 34.6 Å². The number of hydrogen-bond acceptors (Lipinski definition) is 2. The minimum absolute atomic E-state index is 0.111. The van der Waals surface area contributed by atoms with Crippen LogP contribution in [0, 0.1) is 11.7 Å². The highest BCUT2D eigenvalue weighted by Crippen LogP contribution is 2.19. The van der Waals surface area contributed by atoms with Crippen molar-refractivity contribution in [2.75, 3.05) is 0 Å². The van der Waals surface area contributed by atoms with Gasteiger partial charge >= 0.3 is 0 Å². The van der Waals surface area contributed by atoms with E-state index in [9.17, 15) is 14.0 Å². The Kier molecular flexibility index (Phi) is 5.76. The Morgan fingerprint density at radius 2 is 1.89 bits per heavy atom. The fraction of sp³-hybridized carbons (Fsp3) is 0.385. The summed E-state index contributed by atoms with van der Waals surface area (Å²) >= 11 is 5.80. The second-order valence-corrected chi connectivity index (χ2v) is 4.98. The molecule has 0 heterocycles. The molecule has 0 fully saturated rings. The summed E-state index contributed by atoms with van der Waals surface area (Å²) in [5.41, 5.74) is 4.61. The number of hydrazine groups is 1. The summed E-state index contributed by atoms with van der Waals surface area (Å²) in [6, 6.07) is 4.19. The lowest BCUT2D eigenvalue weighted by Crippen LogP contribution is -2.42. The number of halogens is 2. The number of nitrogens with one attached hydrogen (secondary N) is 2. The molecule has 1 aromatic carbocycles. The van der Waals surface area contributed by atoms with Crippen LogP contribution in [0.4, 0.5) is 4.39 Å². The summed E-state index contributed by atoms with van der Waals surface area (Å²) in [7, 11) is 0. The fourth-order valence-corrected chi connectivity index (χ4v) is 1.70. The second-order valence-electron chi connectivity index (χ2n) is 4.57. The minimum Gasteiger partial charge on any atom is -0.273 e. The topological polar surface area (TPSA) is 58.2 Å². The standard InChI is InChI=1S/C13H16ClFN2O2/c1-8(2)6-12(18)16-17-13(19)7-9-10(14)4-3-5-11(9)15/h3-5,8H,6-7H2,1-2H3,(H,16,18)(H,17,19). The molecule has 0 aliphatic rings. The van der Waals surface area contributed by atoms with E-state index in [1.165, 1.54) is 18.2 Å². The Morgan fingerprint density at radius 1 is 1.26 bits per heavy atom. The number of hydrogen-bond donors (Lipinski definition) is 2. The summed E-state index contributed by atoms with van der Waals surface area (Å²) < 4.78 is 13.4. The van der Waals surface area contributed by atoms with E-state index in [0.717, 1.165) is 0 Å². The second kappa shape index (κ2) is 7.09. The lowest BCUT2D eigenvalue weighted by Gasteiger charge is -2.09. The molecular formula is C13H16ClFN2O2. The molecule has 0 spiro atoms. The quantitative estimate of drug-likeness (QED) is 0.834. The van der Waals surface area contributed by atoms with Crippen molar-refractivity contribution >= 4 is 23.4 Å². The summed E-state index contributed by atoms with van der Waals surface area (Å²) in [5.74, 6) is -1.17. The van der Waals surface area contributed by atoms with E-state index in [-0.39, 0.29) is 28.8 Å². The van der Waals surface area contributed by atoms with Gasteiger partial charge in [0.25, 0.3) is 0 Å². The number of carbonyl (C=O) groups excluding carboxylic acids is 2. The summed E-state index contributed by atoms with van der Waals surface area (Å²) in [5, 5.41) is 0.184. The molecule has 0 atom stereocenters. The van der Waals surface area contributed by atoms with E-state index >= 15 is 0 Å². The number of amides is 2. The van der Waals surface area contributed by atoms with Crippen molar-refractivity contribution in [3.63, 3.8) is 0 Å². The Hall–Kier alpha value is -1.62. The van der Waals surface area contributed by atoms with Crippen LogP contribution >= 0.6 is 11.6 Å². The molecule has 0 radical (unpaired) electrons. The highest BCUT2D eigenvalue weighted by Gasteiger charge is 2.12. The molecule has 2 N–H and O–H groups in total. The van der Waals surface area contributed by atoms with Crippen molar-refractivity contribution in [2.24, 2.45) is 5.92 Å². The Morgan fingerprint density at radius 3 is 2.47 bits per heavy atom. The Balaban J connectivity index is 2.50. The molecule has 104 valence electrons. The minimum atomic E-state index is -0.545. The van der Waals surface area contributed by atoms with Crippen molar-refractivity contribution in [1.29, 1.82) is 0 Å². The van der Waals surface area contributed by atoms with E-state index < -0.39 is 11.7 Å². The van der Waals surface area contributed by atoms with Crippen LogP contribution in [0.3, 0.4) is 0 Å². The van der Waals surface area contributed by atoms with Crippen LogP contribution in [0.1, 0.15) is 25.8 Å². The molecule has 6 heteroatoms. The molecule has 0 unspecified atom stereocenters. The molecule has 0 bridgehead atoms. The van der Waals surface area contributed by atoms with Crippen molar-refractivity contribution in [2.45, 2.75) is 26.7 Å². The monoisotopic (exact) mass is 286 g/mol. The van der Waals surface area contributed by atoms with Crippen molar-refractivity contribution in [3.8, 4) is 0 Å². The van der Waals surface area contributed by atoms with E-state index in [1.807, 2.05) is 13.8 Å². The van der Waals surface area contributed by atoms with Crippen LogP contribution in [0.2, 0.25) is 5.02 Å². The molecule has 4 nitrogen and oxygen atoms in total. The van der Waals surface area contributed by atoms with E-state index in [4.69, 9.17) is 11.6 Å². The highest BCUT2D eigenvalue weighted by atomic mass is 35.5. The molecule has 2 amide bonds. The van der Waals surface area contributed by atoms with Crippen molar-refractivity contribution in [1.82, 2.24) is 10.9 Å². The first-order chi connectivity index (χ1) is 8.90. The maximum absolute atomic E-state index is 13.4. The fourth-order valence-electron chi connectivity index (χ4n) is 1.47. The van der Waals surface area contributed by atoms with Gasteiger partial charge in [0.2, 0.25) is 11.8 Å². The molecule has 0 saturated heterocycles. The van der Waals surface area contributed by atoms with Crippen LogP contribution in [-0.4, -0.2) is 11.8 Å². The van der Waals surface area contributed by atoms with Crippen molar-refractivity contribution < 1.29 is 14.0 Å². The molecule has 0 aliphatic heterocycles. The first kappa shape index (κ1) is 15.4. The van der Waals surface area contributed by atoms with Crippen LogP contribution in [-0.2, 0) is 16.0 Å². The average molecular weight is 287 g/mol. The van der Waals surface area contributed by atoms with Crippen LogP contribution in [0.5, 0.6) is 0 Å². The third-order valence-electron chi connectivity index (χ3n) is 2.33. The zero-order valence-corrected chi connectivity index (χ0v) is 11.6. The van der Waals surface area contributed by atoms with Crippen LogP contribution in [0.15, 0.2) is 18.2 Å². The molecule has 0 aromatic heterocycles. The van der Waals surface area contributed by atoms with Gasteiger partial charge in [0.05, 0.1) is 6.42 Å². The van der Waals surface area contributed by atoms with E-state index in [0.29, 0.717) is 6.42 Å². The van der Waals surface area contributed by atoms with Crippen LogP contribution in [0.25, 0.3) is 0 Å². The first-order valence-electron chi connectivity index (χ1n) is 5.90. The van der Waals surface area contributed by atoms with Gasteiger partial charge in [-0.05, 0) is 18.1 Å². The summed E-state index contributed by atoms with van der Waals surface area (Å²) in [6.45, 7) is 3.78. The number of rotatable bonds is 4. The molecule has 19 heavy (non-hydrogen) atoms. The Bertz CT molecular complexity index is 457. The maximum Gasteiger partial charge on any atom is 0.242 e. The van der Waals surface area contributed by atoms with E-state index in [1.54, 1.807) is 0 Å². The van der Waals surface area contributed by atoms with Gasteiger partial charge in [-0.1, -0.05) is 31.5 Å². The van der Waals surface area contributed by atoms with Gasteiger partial charge in [-0.25, -0.2) is 4.39 Å². The average Bonchev–Trinajstić information content (AvgIpc) is 2.30. The normalized spacial score (nSPS) is 10.4. The molecule has 0 aliphatic carbocycles. The zero-order chi connectivity index (χ0) is 14.4. The molecular weight excluding hydrogens is 271 g/mol. The molecule has 1 rings (SSSR count). The van der Waals surface area contributed by atoms with E-state index in [2.05, 4.69) is 10.9 Å². The van der Waals surface area contributed by atoms with Gasteiger partial charge in [-0.15, -0.1) is 0 Å². The van der Waals surface area contributed by atoms with Gasteiger partial charge < -0.3 is 0 Å². The molecule has 0 saturated carbocycles. The van der Waals surface area contributed by atoms with Gasteiger partial charge in [0, 0.05) is 17.0 Å². The summed E-state index contributed by atoms with van der Waals surface area (Å²) in [4.78, 5) is 22.9. The number of carbonyl (C=O) groups is 2. The lowest BCUT2D eigenvalue weighted by molar-refractivity contribution is -0.129. The summed E-state index contributed by atoms with van der Waals surface area (Å²) in [6.07, 6.45) is 0.0776. The largest absolute Gasteiger partial charge is 0.273 e. The SMILES string of the molecule is CC(C)CC(=O)NNC(=O)Cc1c(F)cccc1Cl. The van der Waals surface area contributed by atoms with Crippen LogP contribution < -0.4 is 10.9 Å². The van der Waals surface area contributed by atoms with Gasteiger partial charge in [0.15, 0.2) is 0 Å². The molecule has 1 aromatic rings. The predicted octanol–water partition coefficient (Wildman–Crippen LogP) is 2.22. The first-order valence-corrected chi connectivity index (χ1v) is 6.28. The zero-order valence-electron chi connectivity index (χ0n) is 10.8. The lowest BCUT2D eigenvalue weighted by atomic mass is 10.1. The van der Waals surface area contributed by atoms with Gasteiger partial charge in [0.1, 0.15) is 5.82 Å². The Labute approximate surface area is 116 Å². The maximum atomic E-state index is 13.4. The number of benzene rings is 1. The van der Waals surface area contributed by atoms with Gasteiger partial charge in [-0.3, -0.25) is 20.4 Å². The smallest absolute Gasteiger partial charge is 0.242 e. The highest BCUT2D eigenvalue weighted by molar-refractivity contribution is 6.31. The van der Waals surface area contributed by atoms with Gasteiger partial charge in [-0.2, -0.15) is 0 Å².